The Morgan fingerprint density at radius 1 is 1.47 bits per heavy atom. The number of aliphatic hydroxyl groups is 1. The van der Waals surface area contributed by atoms with E-state index in [-0.39, 0.29) is 17.8 Å². The van der Waals surface area contributed by atoms with E-state index in [1.54, 1.807) is 0 Å². The number of halogens is 1. The maximum Gasteiger partial charge on any atom is 0.163 e. The van der Waals surface area contributed by atoms with Crippen molar-refractivity contribution < 1.29 is 9.90 Å². The summed E-state index contributed by atoms with van der Waals surface area (Å²) < 4.78 is 0.933. The minimum atomic E-state index is -0.280. The summed E-state index contributed by atoms with van der Waals surface area (Å²) in [6.07, 6.45) is 1.21. The Bertz CT molecular complexity index is 414. The minimum absolute atomic E-state index is 0.0637. The smallest absolute Gasteiger partial charge is 0.163 e. The molecule has 2 rings (SSSR count). The minimum Gasteiger partial charge on any atom is -0.396 e. The fourth-order valence-electron chi connectivity index (χ4n) is 2.08. The summed E-state index contributed by atoms with van der Waals surface area (Å²) in [6, 6.07) is 5.77. The maximum absolute atomic E-state index is 11.9. The molecule has 0 heterocycles. The Kier molecular flexibility index (Phi) is 2.69. The average Bonchev–Trinajstić information content (AvgIpc) is 2.20. The molecule has 0 fully saturated rings. The SMILES string of the molecule is CC1(CO)CC(=O)c2cc(Br)ccc2C1. The molecule has 1 aromatic carbocycles. The first-order valence-corrected chi connectivity index (χ1v) is 5.76. The third-order valence-electron chi connectivity index (χ3n) is 2.96. The molecule has 1 N–H and O–H groups in total. The number of hydrogen-bond acceptors (Lipinski definition) is 2. The van der Waals surface area contributed by atoms with Gasteiger partial charge in [-0.1, -0.05) is 28.9 Å². The fraction of sp³-hybridized carbons (Fsp3) is 0.417. The number of fused-ring (bicyclic) bond motifs is 1. The maximum atomic E-state index is 11.9. The van der Waals surface area contributed by atoms with E-state index < -0.39 is 0 Å². The number of benzene rings is 1. The largest absolute Gasteiger partial charge is 0.396 e. The summed E-state index contributed by atoms with van der Waals surface area (Å²) in [4.78, 5) is 11.9. The highest BCUT2D eigenvalue weighted by atomic mass is 79.9. The van der Waals surface area contributed by atoms with Crippen molar-refractivity contribution in [2.45, 2.75) is 19.8 Å². The van der Waals surface area contributed by atoms with Crippen molar-refractivity contribution in [2.75, 3.05) is 6.61 Å². The van der Waals surface area contributed by atoms with Crippen LogP contribution in [0.3, 0.4) is 0 Å². The van der Waals surface area contributed by atoms with Crippen LogP contribution < -0.4 is 0 Å². The van der Waals surface area contributed by atoms with Gasteiger partial charge < -0.3 is 5.11 Å². The Hall–Kier alpha value is -0.670. The first-order valence-electron chi connectivity index (χ1n) is 4.97. The van der Waals surface area contributed by atoms with Crippen LogP contribution in [0.15, 0.2) is 22.7 Å². The van der Waals surface area contributed by atoms with E-state index >= 15 is 0 Å². The topological polar surface area (TPSA) is 37.3 Å². The quantitative estimate of drug-likeness (QED) is 0.850. The summed E-state index contributed by atoms with van der Waals surface area (Å²) in [5.74, 6) is 0.133. The number of ketones is 1. The van der Waals surface area contributed by atoms with Crippen LogP contribution in [-0.2, 0) is 6.42 Å². The molecule has 0 radical (unpaired) electrons. The molecule has 2 nitrogen and oxygen atoms in total. The molecule has 0 aliphatic heterocycles. The molecule has 0 amide bonds. The van der Waals surface area contributed by atoms with Crippen LogP contribution in [0.4, 0.5) is 0 Å². The number of carbonyl (C=O) groups excluding carboxylic acids is 1. The lowest BCUT2D eigenvalue weighted by atomic mass is 9.73. The lowest BCUT2D eigenvalue weighted by molar-refractivity contribution is 0.0787. The zero-order valence-corrected chi connectivity index (χ0v) is 10.2. The van der Waals surface area contributed by atoms with E-state index in [2.05, 4.69) is 15.9 Å². The Labute approximate surface area is 97.4 Å². The van der Waals surface area contributed by atoms with Gasteiger partial charge in [0.05, 0.1) is 0 Å². The highest BCUT2D eigenvalue weighted by Crippen LogP contribution is 2.35. The molecule has 1 unspecified atom stereocenters. The van der Waals surface area contributed by atoms with Gasteiger partial charge in [0.15, 0.2) is 5.78 Å². The predicted molar refractivity (Wildman–Crippen MR) is 62.0 cm³/mol. The Morgan fingerprint density at radius 3 is 2.87 bits per heavy atom. The lowest BCUT2D eigenvalue weighted by Crippen LogP contribution is -2.32. The molecule has 1 aliphatic carbocycles. The zero-order chi connectivity index (χ0) is 11.1. The standard InChI is InChI=1S/C12H13BrO2/c1-12(7-14)5-8-2-3-9(13)4-10(8)11(15)6-12/h2-4,14H,5-7H2,1H3. The van der Waals surface area contributed by atoms with E-state index in [1.807, 2.05) is 25.1 Å². The van der Waals surface area contributed by atoms with Crippen LogP contribution in [-0.4, -0.2) is 17.5 Å². The Morgan fingerprint density at radius 2 is 2.20 bits per heavy atom. The van der Waals surface area contributed by atoms with Gasteiger partial charge in [-0.3, -0.25) is 4.79 Å². The number of Topliss-reactive ketones (excluding diaryl/α,β-unsaturated/α-hetero) is 1. The molecule has 0 bridgehead atoms. The predicted octanol–water partition coefficient (Wildman–Crippen LogP) is 2.58. The molecule has 0 aromatic heterocycles. The van der Waals surface area contributed by atoms with Crippen molar-refractivity contribution in [3.63, 3.8) is 0 Å². The third kappa shape index (κ3) is 1.99. The van der Waals surface area contributed by atoms with Crippen LogP contribution in [0.25, 0.3) is 0 Å². The first kappa shape index (κ1) is 10.8. The fourth-order valence-corrected chi connectivity index (χ4v) is 2.44. The van der Waals surface area contributed by atoms with Crippen molar-refractivity contribution in [2.24, 2.45) is 5.41 Å². The van der Waals surface area contributed by atoms with Crippen LogP contribution in [0.5, 0.6) is 0 Å². The van der Waals surface area contributed by atoms with Crippen LogP contribution in [0.2, 0.25) is 0 Å². The summed E-state index contributed by atoms with van der Waals surface area (Å²) in [7, 11) is 0. The molecule has 3 heteroatoms. The van der Waals surface area contributed by atoms with Gasteiger partial charge in [-0.25, -0.2) is 0 Å². The summed E-state index contributed by atoms with van der Waals surface area (Å²) in [5.41, 5.74) is 1.57. The van der Waals surface area contributed by atoms with Crippen molar-refractivity contribution in [3.8, 4) is 0 Å². The van der Waals surface area contributed by atoms with Gasteiger partial charge in [0.2, 0.25) is 0 Å². The summed E-state index contributed by atoms with van der Waals surface area (Å²) in [5, 5.41) is 9.29. The van der Waals surface area contributed by atoms with Crippen molar-refractivity contribution >= 4 is 21.7 Å². The first-order chi connectivity index (χ1) is 7.04. The zero-order valence-electron chi connectivity index (χ0n) is 8.59. The average molecular weight is 269 g/mol. The van der Waals surface area contributed by atoms with Crippen LogP contribution in [0, 0.1) is 5.41 Å². The van der Waals surface area contributed by atoms with Crippen molar-refractivity contribution in [3.05, 3.63) is 33.8 Å². The molecule has 15 heavy (non-hydrogen) atoms. The normalized spacial score (nSPS) is 25.1. The van der Waals surface area contributed by atoms with E-state index in [0.29, 0.717) is 6.42 Å². The van der Waals surface area contributed by atoms with E-state index in [0.717, 1.165) is 22.0 Å². The second-order valence-corrected chi connectivity index (χ2v) is 5.46. The second kappa shape index (κ2) is 3.72. The van der Waals surface area contributed by atoms with E-state index in [4.69, 9.17) is 0 Å². The molecular weight excluding hydrogens is 256 g/mol. The highest BCUT2D eigenvalue weighted by Gasteiger charge is 2.34. The van der Waals surface area contributed by atoms with Gasteiger partial charge in [-0.05, 0) is 24.1 Å². The summed E-state index contributed by atoms with van der Waals surface area (Å²) in [6.45, 7) is 2.02. The van der Waals surface area contributed by atoms with Crippen molar-refractivity contribution in [1.82, 2.24) is 0 Å². The monoisotopic (exact) mass is 268 g/mol. The number of rotatable bonds is 1. The molecule has 0 saturated carbocycles. The third-order valence-corrected chi connectivity index (χ3v) is 3.45. The molecular formula is C12H13BrO2. The number of aliphatic hydroxyl groups excluding tert-OH is 1. The number of hydrogen-bond donors (Lipinski definition) is 1. The van der Waals surface area contributed by atoms with Gasteiger partial charge in [0.1, 0.15) is 0 Å². The number of carbonyl (C=O) groups is 1. The highest BCUT2D eigenvalue weighted by molar-refractivity contribution is 9.10. The molecule has 1 aliphatic rings. The van der Waals surface area contributed by atoms with Gasteiger partial charge in [-0.2, -0.15) is 0 Å². The van der Waals surface area contributed by atoms with Gasteiger partial charge in [-0.15, -0.1) is 0 Å². The van der Waals surface area contributed by atoms with Crippen molar-refractivity contribution in [1.29, 1.82) is 0 Å². The molecule has 1 atom stereocenters. The molecule has 80 valence electrons. The van der Waals surface area contributed by atoms with Gasteiger partial charge >= 0.3 is 0 Å². The van der Waals surface area contributed by atoms with Crippen LogP contribution >= 0.6 is 15.9 Å². The van der Waals surface area contributed by atoms with Gasteiger partial charge in [0.25, 0.3) is 0 Å². The van der Waals surface area contributed by atoms with E-state index in [9.17, 15) is 9.90 Å². The summed E-state index contributed by atoms with van der Waals surface area (Å²) >= 11 is 3.36. The Balaban J connectivity index is 2.45. The second-order valence-electron chi connectivity index (χ2n) is 4.55. The molecule has 0 spiro atoms. The molecule has 1 aromatic rings. The lowest BCUT2D eigenvalue weighted by Gasteiger charge is -2.32. The van der Waals surface area contributed by atoms with E-state index in [1.165, 1.54) is 0 Å². The van der Waals surface area contributed by atoms with Gasteiger partial charge in [0, 0.05) is 28.5 Å². The van der Waals surface area contributed by atoms with Crippen LogP contribution in [0.1, 0.15) is 29.3 Å². The molecule has 0 saturated heterocycles.